The van der Waals surface area contributed by atoms with E-state index in [0.717, 1.165) is 12.8 Å². The average molecular weight is 413 g/mol. The minimum Gasteiger partial charge on any atom is -0.481 e. The van der Waals surface area contributed by atoms with Crippen LogP contribution in [0.5, 0.6) is 0 Å². The smallest absolute Gasteiger partial charge is 0.303 e. The van der Waals surface area contributed by atoms with Gasteiger partial charge in [0.15, 0.2) is 0 Å². The maximum atomic E-state index is 13.5. The van der Waals surface area contributed by atoms with Crippen molar-refractivity contribution in [1.82, 2.24) is 10.2 Å². The first kappa shape index (κ1) is 19.2. The summed E-state index contributed by atoms with van der Waals surface area (Å²) in [5, 5.41) is 15.2. The number of likely N-dealkylation sites (tertiary alicyclic amines) is 1. The molecule has 1 spiro atoms. The highest BCUT2D eigenvalue weighted by Crippen LogP contribution is 2.53. The van der Waals surface area contributed by atoms with Crippen LogP contribution in [0, 0.1) is 11.8 Å². The molecule has 158 valence electrons. The predicted octanol–water partition coefficient (Wildman–Crippen LogP) is 0.451. The van der Waals surface area contributed by atoms with Crippen molar-refractivity contribution in [1.29, 1.82) is 0 Å². The Morgan fingerprint density at radius 2 is 2.03 bits per heavy atom. The van der Waals surface area contributed by atoms with Crippen molar-refractivity contribution >= 4 is 29.4 Å². The number of para-hydroxylation sites is 1. The van der Waals surface area contributed by atoms with Crippen molar-refractivity contribution in [2.24, 2.45) is 11.8 Å². The van der Waals surface area contributed by atoms with Crippen LogP contribution in [-0.4, -0.2) is 59.0 Å². The summed E-state index contributed by atoms with van der Waals surface area (Å²) in [5.74, 6) is -3.80. The van der Waals surface area contributed by atoms with Gasteiger partial charge in [-0.3, -0.25) is 29.4 Å². The van der Waals surface area contributed by atoms with Crippen molar-refractivity contribution < 1.29 is 29.0 Å². The number of benzene rings is 1. The molecule has 5 rings (SSSR count). The van der Waals surface area contributed by atoms with Crippen LogP contribution in [0.1, 0.15) is 31.2 Å². The second kappa shape index (κ2) is 6.88. The van der Waals surface area contributed by atoms with Gasteiger partial charge in [-0.2, -0.15) is 0 Å². The zero-order valence-electron chi connectivity index (χ0n) is 16.3. The number of carboxylic acids is 1. The summed E-state index contributed by atoms with van der Waals surface area (Å²) in [6, 6.07) is 6.52. The molecule has 0 aromatic heterocycles. The van der Waals surface area contributed by atoms with Crippen LogP contribution in [0.4, 0.5) is 5.69 Å². The molecule has 3 N–H and O–H groups in total. The van der Waals surface area contributed by atoms with Crippen molar-refractivity contribution in [3.05, 3.63) is 29.8 Å². The summed E-state index contributed by atoms with van der Waals surface area (Å²) in [7, 11) is 0. The van der Waals surface area contributed by atoms with Crippen molar-refractivity contribution in [3.63, 3.8) is 0 Å². The van der Waals surface area contributed by atoms with Crippen molar-refractivity contribution in [2.45, 2.75) is 43.4 Å². The molecule has 5 atom stereocenters. The van der Waals surface area contributed by atoms with Gasteiger partial charge in [-0.05, 0) is 25.3 Å². The van der Waals surface area contributed by atoms with E-state index in [1.54, 1.807) is 24.3 Å². The van der Waals surface area contributed by atoms with E-state index in [4.69, 9.17) is 9.84 Å². The maximum Gasteiger partial charge on any atom is 0.303 e. The van der Waals surface area contributed by atoms with E-state index < -0.39 is 35.3 Å². The number of amides is 3. The zero-order chi connectivity index (χ0) is 21.0. The monoisotopic (exact) mass is 413 g/mol. The lowest BCUT2D eigenvalue weighted by Gasteiger charge is -2.30. The lowest BCUT2D eigenvalue weighted by Crippen LogP contribution is -2.53. The Bertz CT molecular complexity index is 942. The Kier molecular flexibility index (Phi) is 4.41. The largest absolute Gasteiger partial charge is 0.481 e. The van der Waals surface area contributed by atoms with Gasteiger partial charge < -0.3 is 15.2 Å². The van der Waals surface area contributed by atoms with Crippen LogP contribution in [0.3, 0.4) is 0 Å². The number of fused-ring (bicyclic) bond motifs is 4. The third kappa shape index (κ3) is 2.61. The molecule has 0 aliphatic carbocycles. The van der Waals surface area contributed by atoms with Crippen LogP contribution < -0.4 is 10.6 Å². The third-order valence-electron chi connectivity index (χ3n) is 6.79. The molecule has 3 fully saturated rings. The fourth-order valence-electron chi connectivity index (χ4n) is 5.52. The molecule has 3 saturated heterocycles. The first-order valence-electron chi connectivity index (χ1n) is 10.3. The molecule has 0 saturated carbocycles. The second-order valence-corrected chi connectivity index (χ2v) is 8.42. The standard InChI is InChI=1S/C21H23N3O6/c25-15(26)8-7-14-16-17(19(28)24(18(16)27)10-11-4-3-9-30-11)21(23-14)12-5-1-2-6-13(12)22-20(21)29/h1-2,5-6,11,14,16-17,23H,3-4,7-10H2,(H,22,29)(H,25,26)/t11-,14+,16-,17+,21+/m1/s1. The van der Waals surface area contributed by atoms with E-state index in [-0.39, 0.29) is 37.3 Å². The Morgan fingerprint density at radius 1 is 1.23 bits per heavy atom. The minimum atomic E-state index is -1.37. The van der Waals surface area contributed by atoms with Gasteiger partial charge >= 0.3 is 5.97 Å². The molecular weight excluding hydrogens is 390 g/mol. The van der Waals surface area contributed by atoms with E-state index in [1.807, 2.05) is 0 Å². The minimum absolute atomic E-state index is 0.153. The molecule has 0 radical (unpaired) electrons. The van der Waals surface area contributed by atoms with E-state index in [0.29, 0.717) is 17.9 Å². The van der Waals surface area contributed by atoms with Gasteiger partial charge in [0.25, 0.3) is 0 Å². The number of nitrogens with one attached hydrogen (secondary N) is 2. The Morgan fingerprint density at radius 3 is 2.77 bits per heavy atom. The predicted molar refractivity (Wildman–Crippen MR) is 103 cm³/mol. The average Bonchev–Trinajstić information content (AvgIpc) is 3.46. The highest BCUT2D eigenvalue weighted by Gasteiger charge is 2.70. The van der Waals surface area contributed by atoms with Gasteiger partial charge in [0.2, 0.25) is 17.7 Å². The number of hydrogen-bond acceptors (Lipinski definition) is 6. The number of rotatable bonds is 5. The van der Waals surface area contributed by atoms with Gasteiger partial charge in [-0.15, -0.1) is 0 Å². The number of nitrogens with zero attached hydrogens (tertiary/aromatic N) is 1. The van der Waals surface area contributed by atoms with Crippen LogP contribution in [0.15, 0.2) is 24.3 Å². The zero-order valence-corrected chi connectivity index (χ0v) is 16.3. The number of carbonyl (C=O) groups excluding carboxylic acids is 3. The van der Waals surface area contributed by atoms with Gasteiger partial charge in [-0.25, -0.2) is 0 Å². The molecular formula is C21H23N3O6. The quantitative estimate of drug-likeness (QED) is 0.599. The number of carbonyl (C=O) groups is 4. The summed E-state index contributed by atoms with van der Waals surface area (Å²) >= 11 is 0. The lowest BCUT2D eigenvalue weighted by atomic mass is 9.76. The summed E-state index contributed by atoms with van der Waals surface area (Å²) in [4.78, 5) is 52.4. The molecule has 0 bridgehead atoms. The highest BCUT2D eigenvalue weighted by molar-refractivity contribution is 6.15. The summed E-state index contributed by atoms with van der Waals surface area (Å²) < 4.78 is 5.62. The Balaban J connectivity index is 1.55. The van der Waals surface area contributed by atoms with E-state index in [9.17, 15) is 19.2 Å². The molecule has 0 unspecified atom stereocenters. The molecule has 1 aromatic carbocycles. The number of imide groups is 1. The van der Waals surface area contributed by atoms with Crippen LogP contribution in [0.2, 0.25) is 0 Å². The molecule has 4 aliphatic rings. The third-order valence-corrected chi connectivity index (χ3v) is 6.79. The number of ether oxygens (including phenoxy) is 1. The number of carboxylic acid groups (broad SMARTS) is 1. The number of hydrogen-bond donors (Lipinski definition) is 3. The van der Waals surface area contributed by atoms with Crippen molar-refractivity contribution in [2.75, 3.05) is 18.5 Å². The van der Waals surface area contributed by atoms with Crippen LogP contribution in [0.25, 0.3) is 0 Å². The van der Waals surface area contributed by atoms with Crippen molar-refractivity contribution in [3.8, 4) is 0 Å². The lowest BCUT2D eigenvalue weighted by molar-refractivity contribution is -0.144. The Labute approximate surface area is 172 Å². The second-order valence-electron chi connectivity index (χ2n) is 8.42. The normalized spacial score (nSPS) is 34.5. The molecule has 4 heterocycles. The number of aliphatic carboxylic acids is 1. The summed E-state index contributed by atoms with van der Waals surface area (Å²) in [5.41, 5.74) is -0.143. The summed E-state index contributed by atoms with van der Waals surface area (Å²) in [6.45, 7) is 0.784. The van der Waals surface area contributed by atoms with Gasteiger partial charge in [0.05, 0.1) is 24.5 Å². The fraction of sp³-hybridized carbons (Fsp3) is 0.524. The van der Waals surface area contributed by atoms with Gasteiger partial charge in [0.1, 0.15) is 5.54 Å². The summed E-state index contributed by atoms with van der Waals surface area (Å²) in [6.07, 6.45) is 1.47. The van der Waals surface area contributed by atoms with E-state index >= 15 is 0 Å². The molecule has 3 amide bonds. The number of anilines is 1. The fourth-order valence-corrected chi connectivity index (χ4v) is 5.52. The molecule has 4 aliphatic heterocycles. The Hall–Kier alpha value is -2.78. The van der Waals surface area contributed by atoms with Gasteiger partial charge in [0, 0.05) is 30.3 Å². The molecule has 1 aromatic rings. The topological polar surface area (TPSA) is 125 Å². The van der Waals surface area contributed by atoms with E-state index in [2.05, 4.69) is 10.6 Å². The first-order chi connectivity index (χ1) is 14.4. The molecule has 30 heavy (non-hydrogen) atoms. The van der Waals surface area contributed by atoms with Crippen LogP contribution >= 0.6 is 0 Å². The van der Waals surface area contributed by atoms with Crippen LogP contribution in [-0.2, 0) is 29.5 Å². The highest BCUT2D eigenvalue weighted by atomic mass is 16.5. The van der Waals surface area contributed by atoms with Gasteiger partial charge in [-0.1, -0.05) is 18.2 Å². The molecule has 9 heteroatoms. The maximum absolute atomic E-state index is 13.5. The first-order valence-corrected chi connectivity index (χ1v) is 10.3. The van der Waals surface area contributed by atoms with E-state index in [1.165, 1.54) is 4.90 Å². The molecule has 9 nitrogen and oxygen atoms in total. The SMILES string of the molecule is O=C(O)CC[C@@H]1N[C@]2(C(=O)Nc3ccccc32)[C@@H]2C(=O)N(C[C@H]3CCCO3)C(=O)[C@H]12.